The predicted molar refractivity (Wildman–Crippen MR) is 76.3 cm³/mol. The molecule has 2 unspecified atom stereocenters. The Hall–Kier alpha value is -0.540. The lowest BCUT2D eigenvalue weighted by atomic mass is 9.81. The molecule has 1 aliphatic rings. The van der Waals surface area contributed by atoms with Crippen molar-refractivity contribution in [2.75, 3.05) is 11.9 Å². The highest BCUT2D eigenvalue weighted by atomic mass is 35.5. The van der Waals surface area contributed by atoms with Crippen molar-refractivity contribution in [2.24, 2.45) is 11.8 Å². The summed E-state index contributed by atoms with van der Waals surface area (Å²) in [6.45, 7) is 3.27. The van der Waals surface area contributed by atoms with Crippen molar-refractivity contribution in [1.29, 1.82) is 0 Å². The first kappa shape index (κ1) is 13.9. The zero-order valence-corrected chi connectivity index (χ0v) is 12.1. The normalized spacial score (nSPS) is 23.9. The number of nitrogens with zero attached hydrogens (tertiary/aromatic N) is 2. The van der Waals surface area contributed by atoms with Crippen LogP contribution in [0.3, 0.4) is 0 Å². The van der Waals surface area contributed by atoms with Gasteiger partial charge in [0.15, 0.2) is 10.3 Å². The first-order valence-corrected chi connectivity index (χ1v) is 7.33. The van der Waals surface area contributed by atoms with Gasteiger partial charge in [0.2, 0.25) is 0 Å². The van der Waals surface area contributed by atoms with Crippen molar-refractivity contribution in [3.63, 3.8) is 0 Å². The first-order valence-electron chi connectivity index (χ1n) is 6.57. The van der Waals surface area contributed by atoms with E-state index in [0.717, 1.165) is 24.1 Å². The van der Waals surface area contributed by atoms with Gasteiger partial charge in [0.1, 0.15) is 0 Å². The highest BCUT2D eigenvalue weighted by Gasteiger charge is 2.18. The van der Waals surface area contributed by atoms with Crippen molar-refractivity contribution in [1.82, 2.24) is 10.2 Å². The molecule has 100 valence electrons. The van der Waals surface area contributed by atoms with Gasteiger partial charge in [0.05, 0.1) is 5.69 Å². The number of nitrogens with one attached hydrogen (secondary N) is 1. The molecule has 1 aliphatic carbocycles. The van der Waals surface area contributed by atoms with Gasteiger partial charge in [-0.1, -0.05) is 49.4 Å². The molecule has 5 heteroatoms. The quantitative estimate of drug-likeness (QED) is 0.891. The zero-order chi connectivity index (χ0) is 13.0. The Kier molecular flexibility index (Phi) is 5.07. The molecule has 0 aromatic carbocycles. The van der Waals surface area contributed by atoms with E-state index in [-0.39, 0.29) is 0 Å². The number of hydrogen-bond acceptors (Lipinski definition) is 3. The third-order valence-corrected chi connectivity index (χ3v) is 4.10. The van der Waals surface area contributed by atoms with Crippen LogP contribution in [0.25, 0.3) is 0 Å². The third kappa shape index (κ3) is 3.99. The smallest absolute Gasteiger partial charge is 0.174 e. The van der Waals surface area contributed by atoms with Crippen LogP contribution >= 0.6 is 23.2 Å². The second kappa shape index (κ2) is 6.58. The van der Waals surface area contributed by atoms with Crippen molar-refractivity contribution in [3.05, 3.63) is 16.4 Å². The summed E-state index contributed by atoms with van der Waals surface area (Å²) < 4.78 is 0. The van der Waals surface area contributed by atoms with E-state index in [1.807, 2.05) is 0 Å². The fourth-order valence-electron chi connectivity index (χ4n) is 2.71. The lowest BCUT2D eigenvalue weighted by Gasteiger charge is -2.26. The average molecular weight is 288 g/mol. The van der Waals surface area contributed by atoms with E-state index in [9.17, 15) is 0 Å². The van der Waals surface area contributed by atoms with E-state index >= 15 is 0 Å². The van der Waals surface area contributed by atoms with Crippen LogP contribution in [-0.2, 0) is 0 Å². The van der Waals surface area contributed by atoms with Gasteiger partial charge in [0.25, 0.3) is 0 Å². The molecule has 1 heterocycles. The fourth-order valence-corrected chi connectivity index (χ4v) is 3.02. The summed E-state index contributed by atoms with van der Waals surface area (Å²) in [6, 6.07) is 1.72. The van der Waals surface area contributed by atoms with Gasteiger partial charge in [-0.15, -0.1) is 10.2 Å². The second-order valence-corrected chi connectivity index (χ2v) is 5.97. The molecule has 18 heavy (non-hydrogen) atoms. The Bertz CT molecular complexity index is 398. The summed E-state index contributed by atoms with van der Waals surface area (Å²) in [5.41, 5.74) is 0.778. The predicted octanol–water partition coefficient (Wildman–Crippen LogP) is 4.41. The van der Waals surface area contributed by atoms with E-state index in [1.54, 1.807) is 6.07 Å². The monoisotopic (exact) mass is 287 g/mol. The molecule has 3 nitrogen and oxygen atoms in total. The lowest BCUT2D eigenvalue weighted by molar-refractivity contribution is 0.274. The molecule has 1 fully saturated rings. The summed E-state index contributed by atoms with van der Waals surface area (Å²) in [6.07, 6.45) is 6.65. The number of hydrogen-bond donors (Lipinski definition) is 1. The molecule has 0 amide bonds. The topological polar surface area (TPSA) is 37.8 Å². The number of anilines is 1. The number of rotatable bonds is 4. The molecule has 1 aromatic rings. The molecule has 2 rings (SSSR count). The van der Waals surface area contributed by atoms with Crippen LogP contribution in [0.1, 0.15) is 39.0 Å². The molecule has 0 aliphatic heterocycles. The second-order valence-electron chi connectivity index (χ2n) is 5.22. The van der Waals surface area contributed by atoms with E-state index in [4.69, 9.17) is 23.2 Å². The van der Waals surface area contributed by atoms with Gasteiger partial charge >= 0.3 is 0 Å². The van der Waals surface area contributed by atoms with Crippen LogP contribution in [0.5, 0.6) is 0 Å². The van der Waals surface area contributed by atoms with Crippen molar-refractivity contribution < 1.29 is 0 Å². The van der Waals surface area contributed by atoms with Gasteiger partial charge in [-0.3, -0.25) is 0 Å². The number of aromatic nitrogens is 2. The molecule has 0 radical (unpaired) electrons. The minimum atomic E-state index is 0.369. The van der Waals surface area contributed by atoms with Gasteiger partial charge in [-0.05, 0) is 24.7 Å². The van der Waals surface area contributed by atoms with Crippen LogP contribution in [-0.4, -0.2) is 16.7 Å². The first-order chi connectivity index (χ1) is 8.65. The van der Waals surface area contributed by atoms with Crippen molar-refractivity contribution >= 4 is 28.9 Å². The van der Waals surface area contributed by atoms with Gasteiger partial charge in [-0.25, -0.2) is 0 Å². The maximum absolute atomic E-state index is 5.95. The van der Waals surface area contributed by atoms with Gasteiger partial charge in [-0.2, -0.15) is 0 Å². The van der Waals surface area contributed by atoms with Crippen LogP contribution in [0.2, 0.25) is 10.3 Å². The molecule has 1 aromatic heterocycles. The zero-order valence-electron chi connectivity index (χ0n) is 10.6. The molecule has 1 saturated carbocycles. The standard InChI is InChI=1S/C13H19Cl2N3/c1-9-3-2-4-10(7-9)5-6-16-11-8-12(14)17-18-13(11)15/h8-10H,2-7H2,1H3,(H,16,17). The Balaban J connectivity index is 1.79. The van der Waals surface area contributed by atoms with Crippen molar-refractivity contribution in [3.8, 4) is 0 Å². The van der Waals surface area contributed by atoms with E-state index < -0.39 is 0 Å². The summed E-state index contributed by atoms with van der Waals surface area (Å²) >= 11 is 11.7. The van der Waals surface area contributed by atoms with Gasteiger partial charge < -0.3 is 5.32 Å². The summed E-state index contributed by atoms with van der Waals surface area (Å²) in [7, 11) is 0. The minimum absolute atomic E-state index is 0.369. The highest BCUT2D eigenvalue weighted by molar-refractivity contribution is 6.33. The van der Waals surface area contributed by atoms with Gasteiger partial charge in [0, 0.05) is 12.6 Å². The average Bonchev–Trinajstić information content (AvgIpc) is 2.34. The Labute approximate surface area is 118 Å². The van der Waals surface area contributed by atoms with Crippen LogP contribution in [0.15, 0.2) is 6.07 Å². The molecule has 0 saturated heterocycles. The van der Waals surface area contributed by atoms with Crippen LogP contribution in [0, 0.1) is 11.8 Å². The Morgan fingerprint density at radius 1 is 1.33 bits per heavy atom. The minimum Gasteiger partial charge on any atom is -0.382 e. The van der Waals surface area contributed by atoms with Crippen molar-refractivity contribution in [2.45, 2.75) is 39.0 Å². The molecule has 0 spiro atoms. The lowest BCUT2D eigenvalue weighted by Crippen LogP contribution is -2.16. The van der Waals surface area contributed by atoms with E-state index in [2.05, 4.69) is 22.4 Å². The summed E-state index contributed by atoms with van der Waals surface area (Å²) in [5.74, 6) is 1.72. The largest absolute Gasteiger partial charge is 0.382 e. The summed E-state index contributed by atoms with van der Waals surface area (Å²) in [4.78, 5) is 0. The fraction of sp³-hybridized carbons (Fsp3) is 0.692. The van der Waals surface area contributed by atoms with E-state index in [0.29, 0.717) is 10.3 Å². The maximum atomic E-state index is 5.95. The third-order valence-electron chi connectivity index (χ3n) is 3.63. The molecule has 2 atom stereocenters. The Morgan fingerprint density at radius 3 is 2.94 bits per heavy atom. The molecule has 0 bridgehead atoms. The SMILES string of the molecule is CC1CCCC(CCNc2cc(Cl)nnc2Cl)C1. The summed E-state index contributed by atoms with van der Waals surface area (Å²) in [5, 5.41) is 11.5. The van der Waals surface area contributed by atoms with Crippen LogP contribution in [0.4, 0.5) is 5.69 Å². The van der Waals surface area contributed by atoms with Crippen LogP contribution < -0.4 is 5.32 Å². The highest BCUT2D eigenvalue weighted by Crippen LogP contribution is 2.30. The molecular weight excluding hydrogens is 269 g/mol. The maximum Gasteiger partial charge on any atom is 0.174 e. The molecular formula is C13H19Cl2N3. The number of halogens is 2. The Morgan fingerprint density at radius 2 is 2.17 bits per heavy atom. The molecule has 1 N–H and O–H groups in total. The van der Waals surface area contributed by atoms with E-state index in [1.165, 1.54) is 32.1 Å².